The molecule has 1 fully saturated rings. The summed E-state index contributed by atoms with van der Waals surface area (Å²) in [7, 11) is -3.70. The van der Waals surface area contributed by atoms with Crippen LogP contribution < -0.4 is 5.32 Å². The van der Waals surface area contributed by atoms with Gasteiger partial charge in [-0.3, -0.25) is 14.4 Å². The summed E-state index contributed by atoms with van der Waals surface area (Å²) < 4.78 is 32.4. The van der Waals surface area contributed by atoms with Crippen LogP contribution in [0.4, 0.5) is 0 Å². The number of nitrogens with one attached hydrogen (secondary N) is 1. The maximum Gasteiger partial charge on any atom is 0.325 e. The zero-order valence-electron chi connectivity index (χ0n) is 17.9. The molecule has 0 radical (unpaired) electrons. The molecule has 0 aromatic heterocycles. The number of aryl methyl sites for hydroxylation is 1. The summed E-state index contributed by atoms with van der Waals surface area (Å²) in [6.07, 6.45) is 2.63. The van der Waals surface area contributed by atoms with Crippen LogP contribution >= 0.6 is 0 Å². The summed E-state index contributed by atoms with van der Waals surface area (Å²) in [4.78, 5) is 36.5. The third-order valence-electron chi connectivity index (χ3n) is 5.24. The molecule has 1 amide bonds. The average Bonchev–Trinajstić information content (AvgIpc) is 2.82. The van der Waals surface area contributed by atoms with Gasteiger partial charge in [0.05, 0.1) is 4.90 Å². The summed E-state index contributed by atoms with van der Waals surface area (Å²) in [5.41, 5.74) is 1.09. The topological polar surface area (TPSA) is 110 Å². The van der Waals surface area contributed by atoms with Gasteiger partial charge in [-0.25, -0.2) is 8.42 Å². The van der Waals surface area contributed by atoms with Crippen molar-refractivity contribution in [3.8, 4) is 0 Å². The molecule has 1 aliphatic rings. The number of hydrogen-bond acceptors (Lipinski definition) is 6. The van der Waals surface area contributed by atoms with E-state index in [-0.39, 0.29) is 16.2 Å². The Bertz CT molecular complexity index is 1090. The lowest BCUT2D eigenvalue weighted by Crippen LogP contribution is -2.36. The number of carbonyl (C=O) groups excluding carboxylic acids is 3. The minimum absolute atomic E-state index is 0.0862. The number of benzene rings is 2. The van der Waals surface area contributed by atoms with E-state index in [1.807, 2.05) is 0 Å². The third kappa shape index (κ3) is 5.80. The highest BCUT2D eigenvalue weighted by atomic mass is 32.2. The van der Waals surface area contributed by atoms with Crippen molar-refractivity contribution in [3.05, 3.63) is 65.2 Å². The molecule has 8 nitrogen and oxygen atoms in total. The van der Waals surface area contributed by atoms with Crippen LogP contribution in [0.1, 0.15) is 45.5 Å². The van der Waals surface area contributed by atoms with Crippen LogP contribution in [0.2, 0.25) is 0 Å². The second-order valence-electron chi connectivity index (χ2n) is 7.58. The van der Waals surface area contributed by atoms with Crippen molar-refractivity contribution >= 4 is 27.7 Å². The van der Waals surface area contributed by atoms with Crippen LogP contribution in [0.5, 0.6) is 0 Å². The van der Waals surface area contributed by atoms with Crippen LogP contribution in [-0.2, 0) is 19.6 Å². The fourth-order valence-electron chi connectivity index (χ4n) is 3.42. The monoisotopic (exact) mass is 458 g/mol. The molecule has 0 spiro atoms. The lowest BCUT2D eigenvalue weighted by molar-refractivity contribution is -0.141. The SMILES string of the molecule is Cc1ccc(C(=O)NCC(=O)OCC(=O)c2ccccc2)cc1S(=O)(=O)N1CCCCC1. The van der Waals surface area contributed by atoms with E-state index in [0.29, 0.717) is 24.2 Å². The first-order valence-corrected chi connectivity index (χ1v) is 11.9. The van der Waals surface area contributed by atoms with Crippen molar-refractivity contribution in [2.45, 2.75) is 31.1 Å². The molecule has 2 aromatic rings. The molecule has 9 heteroatoms. The van der Waals surface area contributed by atoms with Crippen molar-refractivity contribution in [1.82, 2.24) is 9.62 Å². The van der Waals surface area contributed by atoms with Crippen LogP contribution in [0.15, 0.2) is 53.4 Å². The van der Waals surface area contributed by atoms with Crippen molar-refractivity contribution in [2.75, 3.05) is 26.2 Å². The van der Waals surface area contributed by atoms with E-state index in [0.717, 1.165) is 19.3 Å². The van der Waals surface area contributed by atoms with E-state index in [4.69, 9.17) is 4.74 Å². The van der Waals surface area contributed by atoms with Crippen LogP contribution in [0.25, 0.3) is 0 Å². The summed E-state index contributed by atoms with van der Waals surface area (Å²) in [6, 6.07) is 12.8. The van der Waals surface area contributed by atoms with E-state index in [2.05, 4.69) is 5.32 Å². The Hall–Kier alpha value is -3.04. The molecule has 32 heavy (non-hydrogen) atoms. The van der Waals surface area contributed by atoms with Crippen LogP contribution in [-0.4, -0.2) is 56.6 Å². The Morgan fingerprint density at radius 1 is 0.969 bits per heavy atom. The Morgan fingerprint density at radius 3 is 2.34 bits per heavy atom. The average molecular weight is 459 g/mol. The summed E-state index contributed by atoms with van der Waals surface area (Å²) >= 11 is 0. The molecule has 170 valence electrons. The number of rotatable bonds is 8. The lowest BCUT2D eigenvalue weighted by atomic mass is 10.1. The van der Waals surface area contributed by atoms with E-state index in [1.165, 1.54) is 16.4 Å². The zero-order valence-corrected chi connectivity index (χ0v) is 18.7. The van der Waals surface area contributed by atoms with Crippen molar-refractivity contribution < 1.29 is 27.5 Å². The number of nitrogens with zero attached hydrogens (tertiary/aromatic N) is 1. The number of Topliss-reactive ketones (excluding diaryl/α,β-unsaturated/α-hetero) is 1. The summed E-state index contributed by atoms with van der Waals surface area (Å²) in [5, 5.41) is 2.41. The second-order valence-corrected chi connectivity index (χ2v) is 9.48. The number of piperidine rings is 1. The number of ketones is 1. The van der Waals surface area contributed by atoms with Gasteiger partial charge in [-0.1, -0.05) is 42.8 Å². The van der Waals surface area contributed by atoms with Gasteiger partial charge < -0.3 is 10.1 Å². The molecule has 2 aromatic carbocycles. The number of sulfonamides is 1. The third-order valence-corrected chi connectivity index (χ3v) is 7.28. The van der Waals surface area contributed by atoms with Gasteiger partial charge in [-0.05, 0) is 37.5 Å². The molecule has 0 saturated carbocycles. The molecule has 0 unspecified atom stereocenters. The van der Waals surface area contributed by atoms with Gasteiger partial charge in [-0.2, -0.15) is 4.31 Å². The van der Waals surface area contributed by atoms with Gasteiger partial charge in [0.2, 0.25) is 10.0 Å². The van der Waals surface area contributed by atoms with Gasteiger partial charge in [0.25, 0.3) is 5.91 Å². The molecule has 3 rings (SSSR count). The van der Waals surface area contributed by atoms with Gasteiger partial charge in [-0.15, -0.1) is 0 Å². The van der Waals surface area contributed by atoms with Crippen LogP contribution in [0.3, 0.4) is 0 Å². The predicted octanol–water partition coefficient (Wildman–Crippen LogP) is 2.33. The first-order valence-electron chi connectivity index (χ1n) is 10.4. The second kappa shape index (κ2) is 10.5. The highest BCUT2D eigenvalue weighted by Gasteiger charge is 2.28. The largest absolute Gasteiger partial charge is 0.456 e. The Labute approximate surface area is 187 Å². The minimum Gasteiger partial charge on any atom is -0.456 e. The maximum atomic E-state index is 13.0. The molecular weight excluding hydrogens is 432 g/mol. The smallest absolute Gasteiger partial charge is 0.325 e. The van der Waals surface area contributed by atoms with Gasteiger partial charge in [0.15, 0.2) is 12.4 Å². The number of ether oxygens (including phenoxy) is 1. The Morgan fingerprint density at radius 2 is 1.66 bits per heavy atom. The highest BCUT2D eigenvalue weighted by molar-refractivity contribution is 7.89. The highest BCUT2D eigenvalue weighted by Crippen LogP contribution is 2.24. The van der Waals surface area contributed by atoms with Gasteiger partial charge in [0.1, 0.15) is 6.54 Å². The van der Waals surface area contributed by atoms with Gasteiger partial charge in [0, 0.05) is 24.2 Å². The maximum absolute atomic E-state index is 13.0. The van der Waals surface area contributed by atoms with E-state index in [1.54, 1.807) is 43.3 Å². The molecule has 0 aliphatic carbocycles. The number of amides is 1. The molecule has 1 heterocycles. The van der Waals surface area contributed by atoms with E-state index >= 15 is 0 Å². The van der Waals surface area contributed by atoms with Crippen molar-refractivity contribution in [3.63, 3.8) is 0 Å². The fourth-order valence-corrected chi connectivity index (χ4v) is 5.19. The number of carbonyl (C=O) groups is 3. The number of hydrogen-bond donors (Lipinski definition) is 1. The first kappa shape index (κ1) is 23.6. The Balaban J connectivity index is 1.59. The molecule has 1 aliphatic heterocycles. The van der Waals surface area contributed by atoms with Crippen molar-refractivity contribution in [1.29, 1.82) is 0 Å². The van der Waals surface area contributed by atoms with E-state index in [9.17, 15) is 22.8 Å². The van der Waals surface area contributed by atoms with Crippen LogP contribution in [0, 0.1) is 6.92 Å². The molecule has 1 N–H and O–H groups in total. The van der Waals surface area contributed by atoms with Crippen molar-refractivity contribution in [2.24, 2.45) is 0 Å². The Kier molecular flexibility index (Phi) is 7.76. The molecule has 0 atom stereocenters. The quantitative estimate of drug-likeness (QED) is 0.480. The minimum atomic E-state index is -3.70. The first-order chi connectivity index (χ1) is 15.3. The fraction of sp³-hybridized carbons (Fsp3) is 0.348. The summed E-state index contributed by atoms with van der Waals surface area (Å²) in [5.74, 6) is -1.72. The molecular formula is C23H26N2O6S. The summed E-state index contributed by atoms with van der Waals surface area (Å²) in [6.45, 7) is 1.74. The normalized spacial score (nSPS) is 14.5. The molecule has 0 bridgehead atoms. The predicted molar refractivity (Wildman–Crippen MR) is 118 cm³/mol. The molecule has 1 saturated heterocycles. The standard InChI is InChI=1S/C23H26N2O6S/c1-17-10-11-19(14-21(17)32(29,30)25-12-6-3-7-13-25)23(28)24-15-22(27)31-16-20(26)18-8-4-2-5-9-18/h2,4-5,8-11,14H,3,6-7,12-13,15-16H2,1H3,(H,24,28). The van der Waals surface area contributed by atoms with Gasteiger partial charge >= 0.3 is 5.97 Å². The van der Waals surface area contributed by atoms with E-state index < -0.39 is 35.1 Å². The lowest BCUT2D eigenvalue weighted by Gasteiger charge is -2.26. The zero-order chi connectivity index (χ0) is 23.1. The number of esters is 1.